The highest BCUT2D eigenvalue weighted by molar-refractivity contribution is 9.10. The van der Waals surface area contributed by atoms with E-state index >= 15 is 0 Å². The summed E-state index contributed by atoms with van der Waals surface area (Å²) in [6.07, 6.45) is 0.706. The van der Waals surface area contributed by atoms with E-state index in [1.165, 1.54) is 17.2 Å². The standard InChI is InChI=1S/C16H18BrFN2/c1-10-3-5-13(7-11(10)2)16(20-19)9-12-4-6-15(18)14(17)8-12/h3-8,16,20H,9,19H2,1-2H3. The predicted molar refractivity (Wildman–Crippen MR) is 83.8 cm³/mol. The number of hydrogen-bond donors (Lipinski definition) is 2. The summed E-state index contributed by atoms with van der Waals surface area (Å²) >= 11 is 3.21. The molecule has 0 heterocycles. The minimum absolute atomic E-state index is 0.00617. The zero-order valence-electron chi connectivity index (χ0n) is 11.6. The van der Waals surface area contributed by atoms with Crippen molar-refractivity contribution >= 4 is 15.9 Å². The lowest BCUT2D eigenvalue weighted by molar-refractivity contribution is 0.550. The number of nitrogens with one attached hydrogen (secondary N) is 1. The van der Waals surface area contributed by atoms with E-state index in [9.17, 15) is 4.39 Å². The normalized spacial score (nSPS) is 12.4. The van der Waals surface area contributed by atoms with E-state index in [2.05, 4.69) is 53.4 Å². The van der Waals surface area contributed by atoms with E-state index < -0.39 is 0 Å². The highest BCUT2D eigenvalue weighted by Crippen LogP contribution is 2.23. The first-order valence-corrected chi connectivity index (χ1v) is 7.27. The number of nitrogens with two attached hydrogens (primary N) is 1. The monoisotopic (exact) mass is 336 g/mol. The van der Waals surface area contributed by atoms with E-state index in [0.717, 1.165) is 11.1 Å². The SMILES string of the molecule is Cc1ccc(C(Cc2ccc(F)c(Br)c2)NN)cc1C. The number of aryl methyl sites for hydroxylation is 2. The van der Waals surface area contributed by atoms with Crippen LogP contribution in [0.15, 0.2) is 40.9 Å². The van der Waals surface area contributed by atoms with Gasteiger partial charge < -0.3 is 0 Å². The summed E-state index contributed by atoms with van der Waals surface area (Å²) in [6.45, 7) is 4.17. The minimum atomic E-state index is -0.253. The van der Waals surface area contributed by atoms with Crippen molar-refractivity contribution in [1.82, 2.24) is 5.43 Å². The van der Waals surface area contributed by atoms with Crippen molar-refractivity contribution < 1.29 is 4.39 Å². The van der Waals surface area contributed by atoms with Gasteiger partial charge in [-0.3, -0.25) is 11.3 Å². The van der Waals surface area contributed by atoms with Crippen LogP contribution in [0.2, 0.25) is 0 Å². The van der Waals surface area contributed by atoms with Crippen LogP contribution in [0.1, 0.15) is 28.3 Å². The van der Waals surface area contributed by atoms with Crippen LogP contribution < -0.4 is 11.3 Å². The van der Waals surface area contributed by atoms with Crippen LogP contribution in [-0.2, 0) is 6.42 Å². The van der Waals surface area contributed by atoms with Gasteiger partial charge in [0.05, 0.1) is 4.47 Å². The van der Waals surface area contributed by atoms with Crippen molar-refractivity contribution in [1.29, 1.82) is 0 Å². The maximum absolute atomic E-state index is 13.3. The Morgan fingerprint density at radius 2 is 1.90 bits per heavy atom. The molecule has 3 N–H and O–H groups in total. The summed E-state index contributed by atoms with van der Waals surface area (Å²) in [7, 11) is 0. The molecule has 2 nitrogen and oxygen atoms in total. The molecule has 0 saturated heterocycles. The van der Waals surface area contributed by atoms with Crippen molar-refractivity contribution in [3.05, 3.63) is 68.9 Å². The fourth-order valence-corrected chi connectivity index (χ4v) is 2.58. The summed E-state index contributed by atoms with van der Waals surface area (Å²) in [4.78, 5) is 0. The Morgan fingerprint density at radius 1 is 1.15 bits per heavy atom. The van der Waals surface area contributed by atoms with E-state index in [-0.39, 0.29) is 11.9 Å². The summed E-state index contributed by atoms with van der Waals surface area (Å²) in [5, 5.41) is 0. The lowest BCUT2D eigenvalue weighted by atomic mass is 9.96. The summed E-state index contributed by atoms with van der Waals surface area (Å²) < 4.78 is 13.7. The van der Waals surface area contributed by atoms with Gasteiger partial charge in [-0.1, -0.05) is 24.3 Å². The van der Waals surface area contributed by atoms with Crippen LogP contribution in [0.4, 0.5) is 4.39 Å². The maximum atomic E-state index is 13.3. The molecule has 0 aliphatic heterocycles. The van der Waals surface area contributed by atoms with Crippen LogP contribution in [0, 0.1) is 19.7 Å². The summed E-state index contributed by atoms with van der Waals surface area (Å²) in [5.41, 5.74) is 7.50. The second-order valence-electron chi connectivity index (χ2n) is 5.02. The van der Waals surface area contributed by atoms with Crippen LogP contribution in [0.3, 0.4) is 0 Å². The molecule has 1 unspecified atom stereocenters. The minimum Gasteiger partial charge on any atom is -0.271 e. The van der Waals surface area contributed by atoms with Gasteiger partial charge in [-0.2, -0.15) is 0 Å². The summed E-state index contributed by atoms with van der Waals surface area (Å²) in [5.74, 6) is 5.42. The van der Waals surface area contributed by atoms with Gasteiger partial charge in [-0.15, -0.1) is 0 Å². The van der Waals surface area contributed by atoms with Crippen LogP contribution in [0.5, 0.6) is 0 Å². The molecule has 0 radical (unpaired) electrons. The van der Waals surface area contributed by atoms with Gasteiger partial charge in [-0.05, 0) is 70.6 Å². The molecule has 0 fully saturated rings. The van der Waals surface area contributed by atoms with Crippen LogP contribution in [0.25, 0.3) is 0 Å². The number of hydrazine groups is 1. The molecule has 106 valence electrons. The topological polar surface area (TPSA) is 38.0 Å². The molecule has 2 aromatic carbocycles. The second kappa shape index (κ2) is 6.48. The van der Waals surface area contributed by atoms with Crippen LogP contribution >= 0.6 is 15.9 Å². The Kier molecular flexibility index (Phi) is 4.91. The first-order valence-electron chi connectivity index (χ1n) is 6.48. The molecule has 0 bridgehead atoms. The number of benzene rings is 2. The Hall–Kier alpha value is -1.23. The van der Waals surface area contributed by atoms with Crippen LogP contribution in [-0.4, -0.2) is 0 Å². The molecule has 2 rings (SSSR count). The van der Waals surface area contributed by atoms with Gasteiger partial charge in [0.2, 0.25) is 0 Å². The first kappa shape index (κ1) is 15.2. The highest BCUT2D eigenvalue weighted by Gasteiger charge is 2.12. The largest absolute Gasteiger partial charge is 0.271 e. The van der Waals surface area contributed by atoms with Gasteiger partial charge in [0.15, 0.2) is 0 Å². The molecule has 0 spiro atoms. The number of halogens is 2. The van der Waals surface area contributed by atoms with E-state index in [1.54, 1.807) is 12.1 Å². The summed E-state index contributed by atoms with van der Waals surface area (Å²) in [6, 6.07) is 11.4. The quantitative estimate of drug-likeness (QED) is 0.655. The number of hydrogen-bond acceptors (Lipinski definition) is 2. The maximum Gasteiger partial charge on any atom is 0.137 e. The number of rotatable bonds is 4. The molecule has 1 atom stereocenters. The van der Waals surface area contributed by atoms with Gasteiger partial charge in [-0.25, -0.2) is 4.39 Å². The predicted octanol–water partition coefficient (Wildman–Crippen LogP) is 3.95. The average molecular weight is 337 g/mol. The van der Waals surface area contributed by atoms with E-state index in [4.69, 9.17) is 5.84 Å². The third-order valence-corrected chi connectivity index (χ3v) is 4.17. The molecule has 20 heavy (non-hydrogen) atoms. The highest BCUT2D eigenvalue weighted by atomic mass is 79.9. The third-order valence-electron chi connectivity index (χ3n) is 3.56. The molecule has 0 aromatic heterocycles. The third kappa shape index (κ3) is 3.45. The van der Waals surface area contributed by atoms with Crippen molar-refractivity contribution in [3.63, 3.8) is 0 Å². The van der Waals surface area contributed by atoms with Gasteiger partial charge >= 0.3 is 0 Å². The average Bonchev–Trinajstić information content (AvgIpc) is 2.43. The molecule has 0 amide bonds. The molecule has 0 aliphatic rings. The first-order chi connectivity index (χ1) is 9.51. The van der Waals surface area contributed by atoms with Gasteiger partial charge in [0.25, 0.3) is 0 Å². The van der Waals surface area contributed by atoms with E-state index in [1.807, 2.05) is 0 Å². The van der Waals surface area contributed by atoms with Crippen molar-refractivity contribution in [2.24, 2.45) is 5.84 Å². The molecular formula is C16H18BrFN2. The Labute approximate surface area is 127 Å². The Morgan fingerprint density at radius 3 is 2.50 bits per heavy atom. The molecule has 4 heteroatoms. The smallest absolute Gasteiger partial charge is 0.137 e. The van der Waals surface area contributed by atoms with Crippen molar-refractivity contribution in [3.8, 4) is 0 Å². The Balaban J connectivity index is 2.23. The second-order valence-corrected chi connectivity index (χ2v) is 5.87. The fraction of sp³-hybridized carbons (Fsp3) is 0.250. The van der Waals surface area contributed by atoms with Crippen molar-refractivity contribution in [2.75, 3.05) is 0 Å². The molecule has 0 aliphatic carbocycles. The van der Waals surface area contributed by atoms with Crippen molar-refractivity contribution in [2.45, 2.75) is 26.3 Å². The zero-order chi connectivity index (χ0) is 14.7. The van der Waals surface area contributed by atoms with Gasteiger partial charge in [0, 0.05) is 6.04 Å². The van der Waals surface area contributed by atoms with Gasteiger partial charge in [0.1, 0.15) is 5.82 Å². The lowest BCUT2D eigenvalue weighted by Crippen LogP contribution is -2.29. The molecular weight excluding hydrogens is 319 g/mol. The molecule has 2 aromatic rings. The lowest BCUT2D eigenvalue weighted by Gasteiger charge is -2.18. The zero-order valence-corrected chi connectivity index (χ0v) is 13.2. The molecule has 0 saturated carbocycles. The fourth-order valence-electron chi connectivity index (χ4n) is 2.16. The van der Waals surface area contributed by atoms with E-state index in [0.29, 0.717) is 10.9 Å². The Bertz CT molecular complexity index is 613.